The summed E-state index contributed by atoms with van der Waals surface area (Å²) in [5.41, 5.74) is 2.81. The van der Waals surface area contributed by atoms with Crippen molar-refractivity contribution in [1.82, 2.24) is 4.98 Å². The zero-order valence-corrected chi connectivity index (χ0v) is 11.4. The third-order valence-electron chi connectivity index (χ3n) is 3.79. The number of benzene rings is 1. The lowest BCUT2D eigenvalue weighted by Gasteiger charge is -2.23. The van der Waals surface area contributed by atoms with Gasteiger partial charge in [-0.25, -0.2) is 4.79 Å². The number of nitrogens with zero attached hydrogens (tertiary/aromatic N) is 1. The third-order valence-corrected chi connectivity index (χ3v) is 4.10. The molecule has 1 aliphatic rings. The van der Waals surface area contributed by atoms with Crippen molar-refractivity contribution in [1.29, 1.82) is 0 Å². The monoisotopic (exact) mass is 275 g/mol. The Hall–Kier alpha value is -1.61. The molecular formula is C15H14ClNO2. The van der Waals surface area contributed by atoms with Crippen molar-refractivity contribution in [3.05, 3.63) is 40.0 Å². The van der Waals surface area contributed by atoms with E-state index in [1.54, 1.807) is 12.1 Å². The molecule has 1 heterocycles. The van der Waals surface area contributed by atoms with E-state index in [0.29, 0.717) is 27.4 Å². The van der Waals surface area contributed by atoms with Gasteiger partial charge in [-0.2, -0.15) is 0 Å². The molecule has 4 heteroatoms. The van der Waals surface area contributed by atoms with E-state index in [1.165, 1.54) is 0 Å². The van der Waals surface area contributed by atoms with Gasteiger partial charge in [0, 0.05) is 11.1 Å². The molecule has 0 aliphatic heterocycles. The minimum absolute atomic E-state index is 0.345. The maximum atomic E-state index is 11.7. The first-order chi connectivity index (χ1) is 9.08. The molecule has 0 saturated heterocycles. The van der Waals surface area contributed by atoms with Crippen LogP contribution in [0.1, 0.15) is 35.0 Å². The van der Waals surface area contributed by atoms with Crippen molar-refractivity contribution in [3.63, 3.8) is 0 Å². The number of carboxylic acids is 1. The van der Waals surface area contributed by atoms with Crippen molar-refractivity contribution >= 4 is 28.5 Å². The molecule has 1 aromatic carbocycles. The largest absolute Gasteiger partial charge is 0.478 e. The molecule has 3 nitrogen and oxygen atoms in total. The minimum atomic E-state index is -0.911. The van der Waals surface area contributed by atoms with Crippen LogP contribution in [0, 0.1) is 5.92 Å². The van der Waals surface area contributed by atoms with Crippen LogP contribution in [0.4, 0.5) is 0 Å². The number of fused-ring (bicyclic) bond motifs is 2. The molecule has 1 atom stereocenters. The first-order valence-electron chi connectivity index (χ1n) is 6.41. The predicted molar refractivity (Wildman–Crippen MR) is 74.9 cm³/mol. The van der Waals surface area contributed by atoms with Crippen LogP contribution in [-0.2, 0) is 12.8 Å². The fourth-order valence-corrected chi connectivity index (χ4v) is 3.12. The topological polar surface area (TPSA) is 50.2 Å². The van der Waals surface area contributed by atoms with Crippen LogP contribution in [0.15, 0.2) is 18.2 Å². The number of pyridine rings is 1. The van der Waals surface area contributed by atoms with E-state index in [-0.39, 0.29) is 0 Å². The summed E-state index contributed by atoms with van der Waals surface area (Å²) in [7, 11) is 0. The second-order valence-corrected chi connectivity index (χ2v) is 5.61. The normalized spacial score (nSPS) is 18.3. The van der Waals surface area contributed by atoms with E-state index >= 15 is 0 Å². The van der Waals surface area contributed by atoms with Gasteiger partial charge in [0.25, 0.3) is 0 Å². The van der Waals surface area contributed by atoms with E-state index in [2.05, 4.69) is 11.9 Å². The van der Waals surface area contributed by atoms with Gasteiger partial charge in [0.05, 0.1) is 16.1 Å². The Balaban J connectivity index is 2.41. The number of aromatic carboxylic acids is 1. The minimum Gasteiger partial charge on any atom is -0.478 e. The Morgan fingerprint density at radius 2 is 2.26 bits per heavy atom. The summed E-state index contributed by atoms with van der Waals surface area (Å²) in [6, 6.07) is 5.35. The molecule has 0 fully saturated rings. The van der Waals surface area contributed by atoms with Gasteiger partial charge in [-0.15, -0.1) is 0 Å². The highest BCUT2D eigenvalue weighted by Crippen LogP contribution is 2.34. The molecule has 0 bridgehead atoms. The molecule has 0 spiro atoms. The van der Waals surface area contributed by atoms with Gasteiger partial charge >= 0.3 is 5.97 Å². The van der Waals surface area contributed by atoms with Gasteiger partial charge < -0.3 is 5.11 Å². The van der Waals surface area contributed by atoms with Crippen molar-refractivity contribution in [2.45, 2.75) is 26.2 Å². The summed E-state index contributed by atoms with van der Waals surface area (Å²) < 4.78 is 0. The number of hydrogen-bond acceptors (Lipinski definition) is 2. The molecule has 1 aliphatic carbocycles. The predicted octanol–water partition coefficient (Wildman–Crippen LogP) is 3.71. The Labute approximate surface area is 116 Å². The summed E-state index contributed by atoms with van der Waals surface area (Å²) >= 11 is 6.18. The van der Waals surface area contributed by atoms with Crippen LogP contribution in [0.2, 0.25) is 5.02 Å². The quantitative estimate of drug-likeness (QED) is 0.863. The van der Waals surface area contributed by atoms with E-state index in [1.807, 2.05) is 6.07 Å². The number of aryl methyl sites for hydroxylation is 1. The summed E-state index contributed by atoms with van der Waals surface area (Å²) in [5, 5.41) is 10.6. The molecule has 1 aromatic heterocycles. The number of hydrogen-bond donors (Lipinski definition) is 1. The van der Waals surface area contributed by atoms with Crippen LogP contribution in [0.3, 0.4) is 0 Å². The van der Waals surface area contributed by atoms with Gasteiger partial charge in [0.15, 0.2) is 0 Å². The summed E-state index contributed by atoms with van der Waals surface area (Å²) in [6.07, 6.45) is 2.68. The van der Waals surface area contributed by atoms with Gasteiger partial charge in [-0.05, 0) is 42.9 Å². The number of carboxylic acid groups (broad SMARTS) is 1. The van der Waals surface area contributed by atoms with Crippen molar-refractivity contribution in [2.24, 2.45) is 5.92 Å². The van der Waals surface area contributed by atoms with Crippen LogP contribution in [0.5, 0.6) is 0 Å². The molecule has 98 valence electrons. The van der Waals surface area contributed by atoms with Crippen molar-refractivity contribution in [3.8, 4) is 0 Å². The molecular weight excluding hydrogens is 262 g/mol. The van der Waals surface area contributed by atoms with Crippen LogP contribution in [0.25, 0.3) is 10.9 Å². The Morgan fingerprint density at radius 3 is 3.00 bits per heavy atom. The van der Waals surface area contributed by atoms with Gasteiger partial charge in [0.1, 0.15) is 0 Å². The average Bonchev–Trinajstić information content (AvgIpc) is 2.36. The van der Waals surface area contributed by atoms with E-state index in [4.69, 9.17) is 11.6 Å². The van der Waals surface area contributed by atoms with Gasteiger partial charge in [0.2, 0.25) is 0 Å². The Morgan fingerprint density at radius 1 is 1.47 bits per heavy atom. The summed E-state index contributed by atoms with van der Waals surface area (Å²) in [5.74, 6) is -0.418. The summed E-state index contributed by atoms with van der Waals surface area (Å²) in [6.45, 7) is 2.14. The number of rotatable bonds is 1. The smallest absolute Gasteiger partial charge is 0.336 e. The molecule has 1 unspecified atom stereocenters. The number of aromatic nitrogens is 1. The molecule has 19 heavy (non-hydrogen) atoms. The highest BCUT2D eigenvalue weighted by Gasteiger charge is 2.25. The lowest BCUT2D eigenvalue weighted by Crippen LogP contribution is -2.18. The first-order valence-corrected chi connectivity index (χ1v) is 6.79. The van der Waals surface area contributed by atoms with Crippen molar-refractivity contribution < 1.29 is 9.90 Å². The molecule has 3 rings (SSSR count). The second kappa shape index (κ2) is 4.49. The molecule has 0 radical (unpaired) electrons. The SMILES string of the molecule is CC1CCc2nc3cccc(Cl)c3c(C(=O)O)c2C1. The molecule has 2 aromatic rings. The lowest BCUT2D eigenvalue weighted by atomic mass is 9.84. The van der Waals surface area contributed by atoms with E-state index < -0.39 is 5.97 Å². The Bertz CT molecular complexity index is 681. The van der Waals surface area contributed by atoms with E-state index in [0.717, 1.165) is 30.5 Å². The lowest BCUT2D eigenvalue weighted by molar-refractivity contribution is 0.0697. The van der Waals surface area contributed by atoms with Crippen molar-refractivity contribution in [2.75, 3.05) is 0 Å². The first kappa shape index (κ1) is 12.4. The van der Waals surface area contributed by atoms with Crippen LogP contribution in [-0.4, -0.2) is 16.1 Å². The van der Waals surface area contributed by atoms with Gasteiger partial charge in [-0.1, -0.05) is 24.6 Å². The molecule has 1 N–H and O–H groups in total. The maximum Gasteiger partial charge on any atom is 0.336 e. The zero-order chi connectivity index (χ0) is 13.6. The Kier molecular flexibility index (Phi) is 2.94. The van der Waals surface area contributed by atoms with Gasteiger partial charge in [-0.3, -0.25) is 4.98 Å². The number of carbonyl (C=O) groups is 1. The summed E-state index contributed by atoms with van der Waals surface area (Å²) in [4.78, 5) is 16.3. The average molecular weight is 276 g/mol. The second-order valence-electron chi connectivity index (χ2n) is 5.20. The fraction of sp³-hybridized carbons (Fsp3) is 0.333. The highest BCUT2D eigenvalue weighted by molar-refractivity contribution is 6.36. The maximum absolute atomic E-state index is 11.7. The zero-order valence-electron chi connectivity index (χ0n) is 10.6. The fourth-order valence-electron chi connectivity index (χ4n) is 2.86. The molecule has 0 saturated carbocycles. The standard InChI is InChI=1S/C15H14ClNO2/c1-8-5-6-11-9(7-8)13(15(18)19)14-10(16)3-2-4-12(14)17-11/h2-4,8H,5-7H2,1H3,(H,18,19). The van der Waals surface area contributed by atoms with Crippen LogP contribution < -0.4 is 0 Å². The molecule has 0 amide bonds. The van der Waals surface area contributed by atoms with E-state index in [9.17, 15) is 9.90 Å². The highest BCUT2D eigenvalue weighted by atomic mass is 35.5. The third kappa shape index (κ3) is 1.98. The van der Waals surface area contributed by atoms with Crippen LogP contribution >= 0.6 is 11.6 Å². The number of halogens is 1.